The molecule has 1 fully saturated rings. The second-order valence-corrected chi connectivity index (χ2v) is 8.16. The fraction of sp³-hybridized carbons (Fsp3) is 0.500. The van der Waals surface area contributed by atoms with Crippen LogP contribution >= 0.6 is 15.9 Å². The molecule has 0 saturated carbocycles. The molecule has 2 heterocycles. The summed E-state index contributed by atoms with van der Waals surface area (Å²) >= 11 is 3.53. The number of hydrogen-bond acceptors (Lipinski definition) is 2. The van der Waals surface area contributed by atoms with Gasteiger partial charge in [0.1, 0.15) is 5.60 Å². The number of hydrogen-bond donors (Lipinski definition) is 0. The molecule has 0 radical (unpaired) electrons. The molecule has 1 aliphatic rings. The van der Waals surface area contributed by atoms with Crippen molar-refractivity contribution in [3.63, 3.8) is 0 Å². The van der Waals surface area contributed by atoms with Gasteiger partial charge in [-0.15, -0.1) is 0 Å². The molecule has 2 aromatic rings. The zero-order chi connectivity index (χ0) is 16.8. The summed E-state index contributed by atoms with van der Waals surface area (Å²) in [5, 5.41) is 1.23. The smallest absolute Gasteiger partial charge is 0.410 e. The van der Waals surface area contributed by atoms with Crippen molar-refractivity contribution in [2.24, 2.45) is 7.05 Å². The zero-order valence-corrected chi connectivity index (χ0v) is 15.7. The Kier molecular flexibility index (Phi) is 4.17. The first-order valence-electron chi connectivity index (χ1n) is 7.97. The van der Waals surface area contributed by atoms with Crippen LogP contribution in [0, 0.1) is 0 Å². The Morgan fingerprint density at radius 2 is 2.04 bits per heavy atom. The van der Waals surface area contributed by atoms with Crippen LogP contribution in [0.15, 0.2) is 28.7 Å². The number of fused-ring (bicyclic) bond motifs is 1. The van der Waals surface area contributed by atoms with Crippen molar-refractivity contribution >= 4 is 32.9 Å². The minimum absolute atomic E-state index is 0.207. The summed E-state index contributed by atoms with van der Waals surface area (Å²) in [5.41, 5.74) is 2.06. The lowest BCUT2D eigenvalue weighted by molar-refractivity contribution is 0.0292. The van der Waals surface area contributed by atoms with Gasteiger partial charge < -0.3 is 14.2 Å². The van der Waals surface area contributed by atoms with E-state index in [0.29, 0.717) is 5.92 Å². The second kappa shape index (κ2) is 5.86. The van der Waals surface area contributed by atoms with E-state index in [1.165, 1.54) is 16.6 Å². The summed E-state index contributed by atoms with van der Waals surface area (Å²) < 4.78 is 8.81. The second-order valence-electron chi connectivity index (χ2n) is 7.24. The van der Waals surface area contributed by atoms with Crippen molar-refractivity contribution in [2.45, 2.75) is 38.7 Å². The third kappa shape index (κ3) is 3.39. The van der Waals surface area contributed by atoms with Gasteiger partial charge in [0.15, 0.2) is 0 Å². The third-order valence-corrected chi connectivity index (χ3v) is 4.79. The standard InChI is InChI=1S/C18H23BrN2O2/c1-18(2,3)23-17(22)21-8-7-12(11-21)16-10-13-9-14(19)5-6-15(13)20(16)4/h5-6,9-10,12H,7-8,11H2,1-4H3. The minimum Gasteiger partial charge on any atom is -0.444 e. The van der Waals surface area contributed by atoms with Crippen molar-refractivity contribution in [1.82, 2.24) is 9.47 Å². The maximum atomic E-state index is 12.2. The Hall–Kier alpha value is -1.49. The Bertz CT molecular complexity index is 745. The zero-order valence-electron chi connectivity index (χ0n) is 14.1. The van der Waals surface area contributed by atoms with Gasteiger partial charge in [-0.05, 0) is 51.5 Å². The molecule has 124 valence electrons. The van der Waals surface area contributed by atoms with Gasteiger partial charge in [0.05, 0.1) is 0 Å². The molecule has 3 rings (SSSR count). The van der Waals surface area contributed by atoms with Gasteiger partial charge in [0.25, 0.3) is 0 Å². The van der Waals surface area contributed by atoms with Crippen LogP contribution in [0.5, 0.6) is 0 Å². The van der Waals surface area contributed by atoms with Gasteiger partial charge in [0, 0.05) is 47.1 Å². The summed E-state index contributed by atoms with van der Waals surface area (Å²) in [4.78, 5) is 14.1. The third-order valence-electron chi connectivity index (χ3n) is 4.30. The Morgan fingerprint density at radius 1 is 1.30 bits per heavy atom. The predicted octanol–water partition coefficient (Wildman–Crippen LogP) is 4.67. The quantitative estimate of drug-likeness (QED) is 0.722. The van der Waals surface area contributed by atoms with E-state index in [1.807, 2.05) is 25.7 Å². The Morgan fingerprint density at radius 3 is 2.74 bits per heavy atom. The number of benzene rings is 1. The molecule has 0 N–H and O–H groups in total. The fourth-order valence-corrected chi connectivity index (χ4v) is 3.61. The van der Waals surface area contributed by atoms with Crippen LogP contribution in [0.4, 0.5) is 4.79 Å². The molecule has 0 aliphatic carbocycles. The van der Waals surface area contributed by atoms with Crippen LogP contribution in [0.1, 0.15) is 38.8 Å². The van der Waals surface area contributed by atoms with Gasteiger partial charge >= 0.3 is 6.09 Å². The summed E-state index contributed by atoms with van der Waals surface area (Å²) in [6.45, 7) is 7.19. The molecule has 1 aromatic carbocycles. The van der Waals surface area contributed by atoms with E-state index in [1.54, 1.807) is 0 Å². The van der Waals surface area contributed by atoms with Crippen LogP contribution < -0.4 is 0 Å². The molecule has 0 spiro atoms. The van der Waals surface area contributed by atoms with Crippen LogP contribution in [0.2, 0.25) is 0 Å². The summed E-state index contributed by atoms with van der Waals surface area (Å²) in [5.74, 6) is 0.360. The van der Waals surface area contributed by atoms with Gasteiger partial charge in [-0.2, -0.15) is 0 Å². The first-order valence-corrected chi connectivity index (χ1v) is 8.77. The van der Waals surface area contributed by atoms with Gasteiger partial charge in [-0.1, -0.05) is 15.9 Å². The van der Waals surface area contributed by atoms with E-state index in [0.717, 1.165) is 24.0 Å². The van der Waals surface area contributed by atoms with E-state index >= 15 is 0 Å². The molecule has 1 aromatic heterocycles. The minimum atomic E-state index is -0.443. The van der Waals surface area contributed by atoms with Crippen molar-refractivity contribution in [2.75, 3.05) is 13.1 Å². The monoisotopic (exact) mass is 378 g/mol. The first-order chi connectivity index (χ1) is 10.7. The molecule has 5 heteroatoms. The number of carbonyl (C=O) groups is 1. The molecule has 1 amide bonds. The average molecular weight is 379 g/mol. The lowest BCUT2D eigenvalue weighted by Gasteiger charge is -2.24. The van der Waals surface area contributed by atoms with E-state index in [9.17, 15) is 4.79 Å². The number of carbonyl (C=O) groups excluding carboxylic acids is 1. The van der Waals surface area contributed by atoms with Gasteiger partial charge in [0.2, 0.25) is 0 Å². The molecule has 23 heavy (non-hydrogen) atoms. The highest BCUT2D eigenvalue weighted by atomic mass is 79.9. The van der Waals surface area contributed by atoms with Crippen molar-refractivity contribution < 1.29 is 9.53 Å². The van der Waals surface area contributed by atoms with E-state index < -0.39 is 5.60 Å². The molecule has 1 unspecified atom stereocenters. The van der Waals surface area contributed by atoms with Gasteiger partial charge in [-0.3, -0.25) is 0 Å². The lowest BCUT2D eigenvalue weighted by Crippen LogP contribution is -2.35. The molecule has 0 bridgehead atoms. The highest BCUT2D eigenvalue weighted by Gasteiger charge is 2.31. The number of ether oxygens (including phenoxy) is 1. The topological polar surface area (TPSA) is 34.5 Å². The number of halogens is 1. The highest BCUT2D eigenvalue weighted by molar-refractivity contribution is 9.10. The van der Waals surface area contributed by atoms with Crippen LogP contribution in [0.3, 0.4) is 0 Å². The molecular formula is C18H23BrN2O2. The van der Waals surface area contributed by atoms with Crippen molar-refractivity contribution in [3.05, 3.63) is 34.4 Å². The maximum absolute atomic E-state index is 12.2. The lowest BCUT2D eigenvalue weighted by atomic mass is 10.0. The Labute approximate surface area is 145 Å². The number of aryl methyl sites for hydroxylation is 1. The molecule has 1 saturated heterocycles. The molecule has 1 aliphatic heterocycles. The summed E-state index contributed by atoms with van der Waals surface area (Å²) in [6.07, 6.45) is 0.770. The van der Waals surface area contributed by atoms with E-state index in [-0.39, 0.29) is 6.09 Å². The average Bonchev–Trinajstić information content (AvgIpc) is 3.02. The van der Waals surface area contributed by atoms with E-state index in [2.05, 4.69) is 51.8 Å². The van der Waals surface area contributed by atoms with Crippen LogP contribution in [0.25, 0.3) is 10.9 Å². The number of amides is 1. The van der Waals surface area contributed by atoms with E-state index in [4.69, 9.17) is 4.74 Å². The number of nitrogens with zero attached hydrogens (tertiary/aromatic N) is 2. The number of rotatable bonds is 1. The van der Waals surface area contributed by atoms with Crippen molar-refractivity contribution in [3.8, 4) is 0 Å². The van der Waals surface area contributed by atoms with Crippen molar-refractivity contribution in [1.29, 1.82) is 0 Å². The molecule has 4 nitrogen and oxygen atoms in total. The number of aromatic nitrogens is 1. The Balaban J connectivity index is 1.79. The normalized spacial score (nSPS) is 18.7. The predicted molar refractivity (Wildman–Crippen MR) is 95.8 cm³/mol. The largest absolute Gasteiger partial charge is 0.444 e. The first kappa shape index (κ1) is 16.4. The van der Waals surface area contributed by atoms with Crippen LogP contribution in [-0.4, -0.2) is 34.3 Å². The maximum Gasteiger partial charge on any atom is 0.410 e. The molecule has 1 atom stereocenters. The fourth-order valence-electron chi connectivity index (χ4n) is 3.23. The summed E-state index contributed by atoms with van der Waals surface area (Å²) in [7, 11) is 2.10. The highest BCUT2D eigenvalue weighted by Crippen LogP contribution is 2.32. The van der Waals surface area contributed by atoms with Gasteiger partial charge in [-0.25, -0.2) is 4.79 Å². The SMILES string of the molecule is Cn1c(C2CCN(C(=O)OC(C)(C)C)C2)cc2cc(Br)ccc21. The molecular weight excluding hydrogens is 356 g/mol. The van der Waals surface area contributed by atoms with Crippen LogP contribution in [-0.2, 0) is 11.8 Å². The summed E-state index contributed by atoms with van der Waals surface area (Å²) in [6, 6.07) is 8.57. The number of likely N-dealkylation sites (tertiary alicyclic amines) is 1.